The van der Waals surface area contributed by atoms with Gasteiger partial charge in [0.05, 0.1) is 5.92 Å². The molecule has 1 saturated heterocycles. The van der Waals surface area contributed by atoms with E-state index in [1.165, 1.54) is 0 Å². The second-order valence-electron chi connectivity index (χ2n) is 6.27. The highest BCUT2D eigenvalue weighted by Crippen LogP contribution is 2.38. The molecule has 0 aromatic carbocycles. The molecule has 1 aliphatic carbocycles. The van der Waals surface area contributed by atoms with Gasteiger partial charge in [-0.2, -0.15) is 0 Å². The fourth-order valence-corrected chi connectivity index (χ4v) is 3.01. The molecule has 20 heavy (non-hydrogen) atoms. The fourth-order valence-electron chi connectivity index (χ4n) is 3.01. The van der Waals surface area contributed by atoms with Gasteiger partial charge in [-0.1, -0.05) is 6.92 Å². The number of aliphatic carboxylic acids is 1. The van der Waals surface area contributed by atoms with Gasteiger partial charge < -0.3 is 15.3 Å². The molecule has 1 heterocycles. The first-order valence-corrected chi connectivity index (χ1v) is 7.34. The van der Waals surface area contributed by atoms with Crippen molar-refractivity contribution in [1.82, 2.24) is 10.2 Å². The van der Waals surface area contributed by atoms with Crippen LogP contribution in [0.2, 0.25) is 0 Å². The van der Waals surface area contributed by atoms with Crippen LogP contribution < -0.4 is 5.32 Å². The average Bonchev–Trinajstić information content (AvgIpc) is 2.35. The molecule has 6 heteroatoms. The van der Waals surface area contributed by atoms with Gasteiger partial charge in [0.1, 0.15) is 5.67 Å². The first kappa shape index (κ1) is 15.1. The van der Waals surface area contributed by atoms with Gasteiger partial charge in [-0.15, -0.1) is 0 Å². The summed E-state index contributed by atoms with van der Waals surface area (Å²) in [5.74, 6) is -1.18. The Labute approximate surface area is 118 Å². The number of hydrogen-bond donors (Lipinski definition) is 2. The van der Waals surface area contributed by atoms with E-state index in [1.54, 1.807) is 4.90 Å². The van der Waals surface area contributed by atoms with E-state index in [0.29, 0.717) is 38.8 Å². The number of halogens is 1. The smallest absolute Gasteiger partial charge is 0.317 e. The second kappa shape index (κ2) is 5.97. The molecule has 2 amide bonds. The summed E-state index contributed by atoms with van der Waals surface area (Å²) >= 11 is 0. The summed E-state index contributed by atoms with van der Waals surface area (Å²) in [5.41, 5.74) is -1.09. The van der Waals surface area contributed by atoms with Crippen molar-refractivity contribution in [3.8, 4) is 0 Å². The lowest BCUT2D eigenvalue weighted by Gasteiger charge is -2.36. The van der Waals surface area contributed by atoms with Gasteiger partial charge in [-0.25, -0.2) is 9.18 Å². The Morgan fingerprint density at radius 3 is 2.65 bits per heavy atom. The van der Waals surface area contributed by atoms with Crippen molar-refractivity contribution < 1.29 is 19.1 Å². The number of carboxylic acid groups (broad SMARTS) is 1. The van der Waals surface area contributed by atoms with Gasteiger partial charge in [-0.05, 0) is 38.0 Å². The summed E-state index contributed by atoms with van der Waals surface area (Å²) in [6, 6.07) is -0.272. The van der Waals surface area contributed by atoms with E-state index < -0.39 is 17.6 Å². The van der Waals surface area contributed by atoms with E-state index in [4.69, 9.17) is 5.11 Å². The van der Waals surface area contributed by atoms with Crippen LogP contribution in [0, 0.1) is 11.8 Å². The Hall–Kier alpha value is -1.33. The molecule has 0 aromatic heterocycles. The monoisotopic (exact) mass is 286 g/mol. The van der Waals surface area contributed by atoms with E-state index in [-0.39, 0.29) is 18.5 Å². The molecule has 0 bridgehead atoms. The van der Waals surface area contributed by atoms with Crippen LogP contribution in [0.3, 0.4) is 0 Å². The molecule has 114 valence electrons. The Morgan fingerprint density at radius 1 is 1.40 bits per heavy atom. The molecule has 0 radical (unpaired) electrons. The van der Waals surface area contributed by atoms with Crippen molar-refractivity contribution in [3.05, 3.63) is 0 Å². The summed E-state index contributed by atoms with van der Waals surface area (Å²) in [6.45, 7) is 3.07. The number of urea groups is 1. The molecule has 2 N–H and O–H groups in total. The zero-order valence-corrected chi connectivity index (χ0v) is 11.9. The van der Waals surface area contributed by atoms with Crippen molar-refractivity contribution >= 4 is 12.0 Å². The molecule has 1 saturated carbocycles. The van der Waals surface area contributed by atoms with Crippen LogP contribution >= 0.6 is 0 Å². The number of carboxylic acids is 1. The van der Waals surface area contributed by atoms with Crippen LogP contribution in [0.15, 0.2) is 0 Å². The van der Waals surface area contributed by atoms with Gasteiger partial charge in [0.25, 0.3) is 0 Å². The van der Waals surface area contributed by atoms with E-state index in [1.807, 2.05) is 6.92 Å². The number of nitrogens with one attached hydrogen (secondary N) is 1. The third-order valence-electron chi connectivity index (χ3n) is 4.40. The number of piperidine rings is 1. The number of amides is 2. The van der Waals surface area contributed by atoms with Crippen molar-refractivity contribution in [2.45, 2.75) is 44.7 Å². The van der Waals surface area contributed by atoms with Crippen LogP contribution in [-0.4, -0.2) is 47.3 Å². The molecular formula is C14H23FN2O3. The summed E-state index contributed by atoms with van der Waals surface area (Å²) in [6.07, 6.45) is 3.06. The highest BCUT2D eigenvalue weighted by molar-refractivity contribution is 5.76. The summed E-state index contributed by atoms with van der Waals surface area (Å²) in [5, 5.41) is 11.8. The van der Waals surface area contributed by atoms with Crippen LogP contribution in [0.5, 0.6) is 0 Å². The van der Waals surface area contributed by atoms with Crippen molar-refractivity contribution in [2.75, 3.05) is 19.6 Å². The van der Waals surface area contributed by atoms with Crippen molar-refractivity contribution in [2.24, 2.45) is 11.8 Å². The average molecular weight is 286 g/mol. The topological polar surface area (TPSA) is 69.6 Å². The number of likely N-dealkylation sites (tertiary alicyclic amines) is 1. The standard InChI is InChI=1S/C14H23FN2O3/c1-10-7-11(12(18)19)9-17(8-10)13(20)16-6-5-14(15)3-2-4-14/h10-11H,2-9H2,1H3,(H,16,20)(H,18,19). The maximum absolute atomic E-state index is 13.8. The van der Waals surface area contributed by atoms with Crippen molar-refractivity contribution in [1.29, 1.82) is 0 Å². The third kappa shape index (κ3) is 3.61. The number of alkyl halides is 1. The number of carbonyl (C=O) groups excluding carboxylic acids is 1. The number of rotatable bonds is 4. The van der Waals surface area contributed by atoms with Gasteiger partial charge >= 0.3 is 12.0 Å². The maximum atomic E-state index is 13.8. The van der Waals surface area contributed by atoms with E-state index in [9.17, 15) is 14.0 Å². The third-order valence-corrected chi connectivity index (χ3v) is 4.40. The molecule has 2 atom stereocenters. The van der Waals surface area contributed by atoms with Crippen LogP contribution in [-0.2, 0) is 4.79 Å². The zero-order valence-electron chi connectivity index (χ0n) is 11.9. The minimum atomic E-state index is -1.09. The summed E-state index contributed by atoms with van der Waals surface area (Å²) < 4.78 is 13.8. The molecule has 0 aromatic rings. The predicted molar refractivity (Wildman–Crippen MR) is 72.2 cm³/mol. The van der Waals surface area contributed by atoms with Gasteiger partial charge in [0.15, 0.2) is 0 Å². The maximum Gasteiger partial charge on any atom is 0.317 e. The molecule has 2 fully saturated rings. The largest absolute Gasteiger partial charge is 0.481 e. The van der Waals surface area contributed by atoms with Crippen LogP contribution in [0.25, 0.3) is 0 Å². The van der Waals surface area contributed by atoms with E-state index in [0.717, 1.165) is 6.42 Å². The van der Waals surface area contributed by atoms with E-state index >= 15 is 0 Å². The van der Waals surface area contributed by atoms with Crippen LogP contribution in [0.4, 0.5) is 9.18 Å². The number of nitrogens with zero attached hydrogens (tertiary/aromatic N) is 1. The van der Waals surface area contributed by atoms with Gasteiger partial charge in [0, 0.05) is 19.6 Å². The number of hydrogen-bond acceptors (Lipinski definition) is 2. The summed E-state index contributed by atoms with van der Waals surface area (Å²) in [4.78, 5) is 24.6. The van der Waals surface area contributed by atoms with Crippen molar-refractivity contribution in [3.63, 3.8) is 0 Å². The van der Waals surface area contributed by atoms with Gasteiger partial charge in [-0.3, -0.25) is 4.79 Å². The second-order valence-corrected chi connectivity index (χ2v) is 6.27. The minimum Gasteiger partial charge on any atom is -0.481 e. The first-order valence-electron chi connectivity index (χ1n) is 7.34. The first-order chi connectivity index (χ1) is 9.39. The lowest BCUT2D eigenvalue weighted by atomic mass is 9.80. The zero-order chi connectivity index (χ0) is 14.8. The van der Waals surface area contributed by atoms with Crippen LogP contribution in [0.1, 0.15) is 39.0 Å². The normalized spacial score (nSPS) is 28.6. The lowest BCUT2D eigenvalue weighted by Crippen LogP contribution is -2.50. The Morgan fingerprint density at radius 2 is 2.10 bits per heavy atom. The Bertz CT molecular complexity index is 385. The molecule has 2 unspecified atom stereocenters. The highest BCUT2D eigenvalue weighted by atomic mass is 19.1. The molecule has 2 rings (SSSR count). The Balaban J connectivity index is 1.77. The molecule has 5 nitrogen and oxygen atoms in total. The fraction of sp³-hybridized carbons (Fsp3) is 0.857. The predicted octanol–water partition coefficient (Wildman–Crippen LogP) is 2.02. The molecule has 2 aliphatic rings. The Kier molecular flexibility index (Phi) is 4.50. The highest BCUT2D eigenvalue weighted by Gasteiger charge is 2.37. The quantitative estimate of drug-likeness (QED) is 0.830. The molecular weight excluding hydrogens is 263 g/mol. The number of carbonyl (C=O) groups is 2. The van der Waals surface area contributed by atoms with Gasteiger partial charge in [0.2, 0.25) is 0 Å². The molecule has 0 spiro atoms. The van der Waals surface area contributed by atoms with E-state index in [2.05, 4.69) is 5.32 Å². The lowest BCUT2D eigenvalue weighted by molar-refractivity contribution is -0.143. The SMILES string of the molecule is CC1CC(C(=O)O)CN(C(=O)NCCC2(F)CCC2)C1. The minimum absolute atomic E-state index is 0.176. The summed E-state index contributed by atoms with van der Waals surface area (Å²) in [7, 11) is 0. The molecule has 1 aliphatic heterocycles.